The zero-order valence-electron chi connectivity index (χ0n) is 6.25. The van der Waals surface area contributed by atoms with Crippen molar-refractivity contribution in [2.45, 2.75) is 18.6 Å². The Balaban J connectivity index is 2.41. The van der Waals surface area contributed by atoms with Gasteiger partial charge in [0.05, 0.1) is 18.8 Å². The van der Waals surface area contributed by atoms with Gasteiger partial charge in [-0.25, -0.2) is 0 Å². The number of ether oxygens (including phenoxy) is 2. The average Bonchev–Trinajstić information content (AvgIpc) is 2.04. The largest absolute Gasteiger partial charge is 0.379 e. The Hall–Kier alpha value is -0.410. The summed E-state index contributed by atoms with van der Waals surface area (Å²) in [5.74, 6) is 0. The Morgan fingerprint density at radius 3 is 3.00 bits per heavy atom. The summed E-state index contributed by atoms with van der Waals surface area (Å²) in [5.41, 5.74) is 0. The van der Waals surface area contributed by atoms with Crippen LogP contribution < -0.4 is 0 Å². The van der Waals surface area contributed by atoms with Gasteiger partial charge in [0.1, 0.15) is 0 Å². The van der Waals surface area contributed by atoms with E-state index in [2.05, 4.69) is 11.7 Å². The molecule has 3 heteroatoms. The van der Waals surface area contributed by atoms with E-state index >= 15 is 0 Å². The van der Waals surface area contributed by atoms with Crippen molar-refractivity contribution in [3.05, 3.63) is 0 Å². The molecule has 1 rings (SSSR count). The maximum absolute atomic E-state index is 5.19. The van der Waals surface area contributed by atoms with Crippen molar-refractivity contribution in [1.82, 2.24) is 0 Å². The summed E-state index contributed by atoms with van der Waals surface area (Å²) in [6.45, 7) is 4.91. The molecule has 0 bridgehead atoms. The summed E-state index contributed by atoms with van der Waals surface area (Å²) in [5, 5.41) is 0. The lowest BCUT2D eigenvalue weighted by atomic mass is 10.1. The Bertz CT molecular complexity index is 116. The molecule has 58 valence electrons. The van der Waals surface area contributed by atoms with Crippen LogP contribution in [0.15, 0.2) is 4.99 Å². The molecule has 0 aromatic rings. The number of methoxy groups -OCH3 is 1. The number of hydrogen-bond donors (Lipinski definition) is 0. The Kier molecular flexibility index (Phi) is 2.83. The van der Waals surface area contributed by atoms with Gasteiger partial charge in [-0.2, -0.15) is 0 Å². The van der Waals surface area contributed by atoms with Gasteiger partial charge in [-0.3, -0.25) is 4.99 Å². The third-order valence-electron chi connectivity index (χ3n) is 1.80. The minimum atomic E-state index is 0.138. The molecule has 1 aliphatic rings. The van der Waals surface area contributed by atoms with E-state index in [0.717, 1.165) is 13.0 Å². The quantitative estimate of drug-likeness (QED) is 0.527. The van der Waals surface area contributed by atoms with E-state index in [1.54, 1.807) is 7.11 Å². The summed E-state index contributed by atoms with van der Waals surface area (Å²) in [4.78, 5) is 3.90. The second-order valence-electron chi connectivity index (χ2n) is 2.39. The van der Waals surface area contributed by atoms with E-state index in [4.69, 9.17) is 9.47 Å². The van der Waals surface area contributed by atoms with Crippen molar-refractivity contribution in [1.29, 1.82) is 0 Å². The molecule has 1 fully saturated rings. The fourth-order valence-electron chi connectivity index (χ4n) is 1.15. The second kappa shape index (κ2) is 3.68. The van der Waals surface area contributed by atoms with Gasteiger partial charge in [-0.1, -0.05) is 0 Å². The molecule has 0 aliphatic carbocycles. The van der Waals surface area contributed by atoms with E-state index in [-0.39, 0.29) is 12.1 Å². The van der Waals surface area contributed by atoms with Crippen LogP contribution in [0.2, 0.25) is 0 Å². The summed E-state index contributed by atoms with van der Waals surface area (Å²) < 4.78 is 10.4. The highest BCUT2D eigenvalue weighted by atomic mass is 16.5. The van der Waals surface area contributed by atoms with Crippen LogP contribution in [0.25, 0.3) is 0 Å². The number of rotatable bonds is 2. The van der Waals surface area contributed by atoms with Crippen LogP contribution in [0.3, 0.4) is 0 Å². The molecule has 0 aromatic heterocycles. The number of aliphatic imine (C=N–C) groups is 1. The smallest absolute Gasteiger partial charge is 0.0987 e. The van der Waals surface area contributed by atoms with E-state index in [9.17, 15) is 0 Å². The van der Waals surface area contributed by atoms with Crippen molar-refractivity contribution < 1.29 is 9.47 Å². The lowest BCUT2D eigenvalue weighted by Gasteiger charge is -2.26. The van der Waals surface area contributed by atoms with Crippen LogP contribution in [-0.2, 0) is 9.47 Å². The molecule has 0 radical (unpaired) electrons. The summed E-state index contributed by atoms with van der Waals surface area (Å²) >= 11 is 0. The molecule has 1 heterocycles. The van der Waals surface area contributed by atoms with Crippen LogP contribution >= 0.6 is 0 Å². The summed E-state index contributed by atoms with van der Waals surface area (Å²) in [7, 11) is 1.70. The van der Waals surface area contributed by atoms with Gasteiger partial charge in [0.15, 0.2) is 0 Å². The molecule has 1 unspecified atom stereocenters. The lowest BCUT2D eigenvalue weighted by molar-refractivity contribution is -0.0248. The van der Waals surface area contributed by atoms with Crippen molar-refractivity contribution in [2.24, 2.45) is 4.99 Å². The molecule has 0 aromatic carbocycles. The molecule has 10 heavy (non-hydrogen) atoms. The molecular weight excluding hydrogens is 130 g/mol. The first-order valence-corrected chi connectivity index (χ1v) is 3.45. The fourth-order valence-corrected chi connectivity index (χ4v) is 1.15. The summed E-state index contributed by atoms with van der Waals surface area (Å²) in [6.07, 6.45) is 1.14. The molecule has 2 atom stereocenters. The fraction of sp³-hybridized carbons (Fsp3) is 0.857. The highest BCUT2D eigenvalue weighted by molar-refractivity contribution is 5.24. The van der Waals surface area contributed by atoms with Crippen molar-refractivity contribution in [3.8, 4) is 0 Å². The Labute approximate surface area is 61.0 Å². The van der Waals surface area contributed by atoms with Crippen LogP contribution in [-0.4, -0.2) is 39.2 Å². The predicted octanol–water partition coefficient (Wildman–Crippen LogP) is 0.491. The Morgan fingerprint density at radius 2 is 2.50 bits per heavy atom. The molecule has 1 aliphatic heterocycles. The highest BCUT2D eigenvalue weighted by Crippen LogP contribution is 2.12. The van der Waals surface area contributed by atoms with Crippen LogP contribution in [0, 0.1) is 0 Å². The zero-order chi connectivity index (χ0) is 7.40. The topological polar surface area (TPSA) is 30.8 Å². The first kappa shape index (κ1) is 7.69. The molecule has 3 nitrogen and oxygen atoms in total. The molecule has 0 spiro atoms. The number of hydrogen-bond acceptors (Lipinski definition) is 3. The van der Waals surface area contributed by atoms with Gasteiger partial charge in [0, 0.05) is 13.7 Å². The first-order valence-electron chi connectivity index (χ1n) is 3.45. The second-order valence-corrected chi connectivity index (χ2v) is 2.39. The lowest BCUT2D eigenvalue weighted by Crippen LogP contribution is -2.36. The van der Waals surface area contributed by atoms with Gasteiger partial charge in [-0.05, 0) is 13.1 Å². The van der Waals surface area contributed by atoms with Crippen molar-refractivity contribution in [3.63, 3.8) is 0 Å². The van der Waals surface area contributed by atoms with Gasteiger partial charge in [-0.15, -0.1) is 0 Å². The van der Waals surface area contributed by atoms with E-state index in [1.807, 2.05) is 0 Å². The molecule has 0 saturated carbocycles. The average molecular weight is 143 g/mol. The molecule has 0 amide bonds. The predicted molar refractivity (Wildman–Crippen MR) is 39.6 cm³/mol. The summed E-state index contributed by atoms with van der Waals surface area (Å²) in [6, 6.07) is 0.138. The molecule has 1 saturated heterocycles. The van der Waals surface area contributed by atoms with Crippen LogP contribution in [0.5, 0.6) is 0 Å². The Morgan fingerprint density at radius 1 is 1.70 bits per heavy atom. The minimum Gasteiger partial charge on any atom is -0.379 e. The monoisotopic (exact) mass is 143 g/mol. The third-order valence-corrected chi connectivity index (χ3v) is 1.80. The van der Waals surface area contributed by atoms with E-state index < -0.39 is 0 Å². The van der Waals surface area contributed by atoms with E-state index in [0.29, 0.717) is 6.61 Å². The van der Waals surface area contributed by atoms with Crippen molar-refractivity contribution >= 4 is 6.72 Å². The SMILES string of the molecule is C=N[C@@H]1COCCC1OC. The normalized spacial score (nSPS) is 33.7. The highest BCUT2D eigenvalue weighted by Gasteiger charge is 2.23. The van der Waals surface area contributed by atoms with Gasteiger partial charge in [0.2, 0.25) is 0 Å². The molecule has 0 N–H and O–H groups in total. The van der Waals surface area contributed by atoms with E-state index in [1.165, 1.54) is 0 Å². The maximum Gasteiger partial charge on any atom is 0.0987 e. The number of nitrogens with zero attached hydrogens (tertiary/aromatic N) is 1. The van der Waals surface area contributed by atoms with Crippen LogP contribution in [0.4, 0.5) is 0 Å². The molecular formula is C7H13NO2. The third kappa shape index (κ3) is 1.55. The van der Waals surface area contributed by atoms with Crippen LogP contribution in [0.1, 0.15) is 6.42 Å². The minimum absolute atomic E-state index is 0.138. The maximum atomic E-state index is 5.19. The first-order chi connectivity index (χ1) is 4.88. The standard InChI is InChI=1S/C7H13NO2/c1-8-6-5-10-4-3-7(6)9-2/h6-7H,1,3-5H2,2H3/t6-,7?/m1/s1. The zero-order valence-corrected chi connectivity index (χ0v) is 6.25. The van der Waals surface area contributed by atoms with Gasteiger partial charge in [0.25, 0.3) is 0 Å². The van der Waals surface area contributed by atoms with Gasteiger partial charge < -0.3 is 9.47 Å². The van der Waals surface area contributed by atoms with Gasteiger partial charge >= 0.3 is 0 Å². The van der Waals surface area contributed by atoms with Crippen molar-refractivity contribution in [2.75, 3.05) is 20.3 Å².